The molecule has 2 aromatic carbocycles. The van der Waals surface area contributed by atoms with E-state index in [9.17, 15) is 0 Å². The van der Waals surface area contributed by atoms with E-state index in [1.807, 2.05) is 12.1 Å². The van der Waals surface area contributed by atoms with Crippen molar-refractivity contribution in [2.75, 3.05) is 4.90 Å². The lowest BCUT2D eigenvalue weighted by molar-refractivity contribution is 1.09. The average molecular weight is 221 g/mol. The number of para-hydroxylation sites is 1. The SMILES string of the molecule is C=C[C@H]1[C@H](c2ccccc2)N1c1ccccc1. The number of hydrogen-bond donors (Lipinski definition) is 0. The van der Waals surface area contributed by atoms with E-state index < -0.39 is 0 Å². The smallest absolute Gasteiger partial charge is 0.0789 e. The Morgan fingerprint density at radius 3 is 2.06 bits per heavy atom. The second-order valence-corrected chi connectivity index (χ2v) is 4.32. The van der Waals surface area contributed by atoms with Gasteiger partial charge in [0.05, 0.1) is 12.1 Å². The molecule has 0 spiro atoms. The minimum atomic E-state index is 0.430. The quantitative estimate of drug-likeness (QED) is 0.562. The predicted octanol–water partition coefficient (Wildman–Crippen LogP) is 3.80. The van der Waals surface area contributed by atoms with Gasteiger partial charge in [-0.3, -0.25) is 0 Å². The zero-order valence-corrected chi connectivity index (χ0v) is 9.66. The van der Waals surface area contributed by atoms with E-state index in [1.54, 1.807) is 0 Å². The van der Waals surface area contributed by atoms with Crippen LogP contribution in [0.15, 0.2) is 73.3 Å². The summed E-state index contributed by atoms with van der Waals surface area (Å²) in [5, 5.41) is 0. The van der Waals surface area contributed by atoms with Crippen LogP contribution >= 0.6 is 0 Å². The molecule has 0 bridgehead atoms. The molecule has 0 amide bonds. The predicted molar refractivity (Wildman–Crippen MR) is 72.1 cm³/mol. The van der Waals surface area contributed by atoms with Gasteiger partial charge in [-0.15, -0.1) is 6.58 Å². The average Bonchev–Trinajstić information content (AvgIpc) is 3.15. The summed E-state index contributed by atoms with van der Waals surface area (Å²) >= 11 is 0. The van der Waals surface area contributed by atoms with Gasteiger partial charge in [-0.25, -0.2) is 0 Å². The maximum absolute atomic E-state index is 3.93. The molecule has 2 aromatic rings. The first kappa shape index (κ1) is 10.2. The Labute approximate surface area is 102 Å². The van der Waals surface area contributed by atoms with Crippen molar-refractivity contribution in [2.24, 2.45) is 0 Å². The molecule has 3 rings (SSSR count). The third-order valence-electron chi connectivity index (χ3n) is 3.29. The molecule has 0 N–H and O–H groups in total. The van der Waals surface area contributed by atoms with Crippen LogP contribution in [0.1, 0.15) is 11.6 Å². The van der Waals surface area contributed by atoms with Gasteiger partial charge in [-0.05, 0) is 17.7 Å². The standard InChI is InChI=1S/C16H15N/c1-2-15-16(13-9-5-3-6-10-13)17(15)14-11-7-4-8-12-14/h2-12,15-16H,1H2/t15-,16-,17?/m0/s1. The van der Waals surface area contributed by atoms with Gasteiger partial charge in [0.2, 0.25) is 0 Å². The number of nitrogens with zero attached hydrogens (tertiary/aromatic N) is 1. The van der Waals surface area contributed by atoms with Crippen LogP contribution in [0.5, 0.6) is 0 Å². The molecule has 1 nitrogen and oxygen atoms in total. The fraction of sp³-hybridized carbons (Fsp3) is 0.125. The van der Waals surface area contributed by atoms with Crippen molar-refractivity contribution < 1.29 is 0 Å². The number of anilines is 1. The molecule has 0 saturated carbocycles. The lowest BCUT2D eigenvalue weighted by Crippen LogP contribution is -1.95. The van der Waals surface area contributed by atoms with Gasteiger partial charge in [-0.1, -0.05) is 54.6 Å². The highest BCUT2D eigenvalue weighted by Crippen LogP contribution is 2.47. The van der Waals surface area contributed by atoms with Crippen LogP contribution in [-0.4, -0.2) is 6.04 Å². The zero-order chi connectivity index (χ0) is 11.7. The van der Waals surface area contributed by atoms with Gasteiger partial charge in [0.1, 0.15) is 0 Å². The van der Waals surface area contributed by atoms with E-state index in [0.29, 0.717) is 12.1 Å². The van der Waals surface area contributed by atoms with Crippen LogP contribution < -0.4 is 4.90 Å². The van der Waals surface area contributed by atoms with Gasteiger partial charge in [0.15, 0.2) is 0 Å². The first-order valence-corrected chi connectivity index (χ1v) is 5.92. The Morgan fingerprint density at radius 1 is 0.882 bits per heavy atom. The van der Waals surface area contributed by atoms with Gasteiger partial charge in [0, 0.05) is 5.69 Å². The van der Waals surface area contributed by atoms with Gasteiger partial charge in [-0.2, -0.15) is 0 Å². The molecule has 1 aliphatic heterocycles. The summed E-state index contributed by atoms with van der Waals surface area (Å²) in [4.78, 5) is 2.39. The Balaban J connectivity index is 1.91. The van der Waals surface area contributed by atoms with Crippen molar-refractivity contribution in [1.29, 1.82) is 0 Å². The van der Waals surface area contributed by atoms with Crippen LogP contribution in [0.3, 0.4) is 0 Å². The fourth-order valence-corrected chi connectivity index (χ4v) is 2.43. The molecule has 0 aliphatic carbocycles. The molecule has 1 heteroatoms. The molecule has 1 saturated heterocycles. The molecule has 1 heterocycles. The monoisotopic (exact) mass is 221 g/mol. The second-order valence-electron chi connectivity index (χ2n) is 4.32. The molecule has 0 radical (unpaired) electrons. The van der Waals surface area contributed by atoms with Crippen LogP contribution in [0, 0.1) is 0 Å². The Kier molecular flexibility index (Phi) is 2.45. The number of rotatable bonds is 3. The topological polar surface area (TPSA) is 3.01 Å². The van der Waals surface area contributed by atoms with E-state index in [4.69, 9.17) is 0 Å². The normalized spacial score (nSPS) is 22.2. The van der Waals surface area contributed by atoms with Crippen molar-refractivity contribution in [3.63, 3.8) is 0 Å². The lowest BCUT2D eigenvalue weighted by Gasteiger charge is -2.05. The van der Waals surface area contributed by atoms with E-state index in [2.05, 4.69) is 66.1 Å². The summed E-state index contributed by atoms with van der Waals surface area (Å²) in [5.74, 6) is 0. The van der Waals surface area contributed by atoms with E-state index in [0.717, 1.165) is 0 Å². The van der Waals surface area contributed by atoms with Crippen LogP contribution in [0.2, 0.25) is 0 Å². The Hall–Kier alpha value is -2.02. The van der Waals surface area contributed by atoms with Gasteiger partial charge < -0.3 is 4.90 Å². The van der Waals surface area contributed by atoms with Crippen molar-refractivity contribution in [3.8, 4) is 0 Å². The zero-order valence-electron chi connectivity index (χ0n) is 9.66. The summed E-state index contributed by atoms with van der Waals surface area (Å²) < 4.78 is 0. The summed E-state index contributed by atoms with van der Waals surface area (Å²) in [5.41, 5.74) is 2.63. The number of hydrogen-bond acceptors (Lipinski definition) is 1. The molecular weight excluding hydrogens is 206 g/mol. The molecular formula is C16H15N. The number of benzene rings is 2. The summed E-state index contributed by atoms with van der Waals surface area (Å²) in [6.07, 6.45) is 2.03. The summed E-state index contributed by atoms with van der Waals surface area (Å²) in [6.45, 7) is 3.93. The van der Waals surface area contributed by atoms with Crippen molar-refractivity contribution in [2.45, 2.75) is 12.1 Å². The first-order valence-electron chi connectivity index (χ1n) is 5.92. The van der Waals surface area contributed by atoms with Crippen LogP contribution in [0.4, 0.5) is 5.69 Å². The second kappa shape index (κ2) is 4.10. The fourth-order valence-electron chi connectivity index (χ4n) is 2.43. The molecule has 0 aromatic heterocycles. The highest BCUT2D eigenvalue weighted by Gasteiger charge is 2.46. The van der Waals surface area contributed by atoms with Crippen molar-refractivity contribution in [1.82, 2.24) is 0 Å². The third kappa shape index (κ3) is 1.74. The minimum absolute atomic E-state index is 0.430. The lowest BCUT2D eigenvalue weighted by atomic mass is 10.1. The molecule has 84 valence electrons. The Morgan fingerprint density at radius 2 is 1.47 bits per heavy atom. The van der Waals surface area contributed by atoms with Gasteiger partial charge >= 0.3 is 0 Å². The largest absolute Gasteiger partial charge is 0.353 e. The highest BCUT2D eigenvalue weighted by molar-refractivity contribution is 5.60. The van der Waals surface area contributed by atoms with E-state index >= 15 is 0 Å². The molecule has 17 heavy (non-hydrogen) atoms. The highest BCUT2D eigenvalue weighted by atomic mass is 15.3. The first-order chi connectivity index (χ1) is 8.42. The van der Waals surface area contributed by atoms with Gasteiger partial charge in [0.25, 0.3) is 0 Å². The van der Waals surface area contributed by atoms with Crippen molar-refractivity contribution in [3.05, 3.63) is 78.9 Å². The Bertz CT molecular complexity index is 458. The summed E-state index contributed by atoms with van der Waals surface area (Å²) in [6, 6.07) is 22.0. The van der Waals surface area contributed by atoms with Crippen LogP contribution in [-0.2, 0) is 0 Å². The molecule has 0 unspecified atom stereocenters. The van der Waals surface area contributed by atoms with Crippen LogP contribution in [0.25, 0.3) is 0 Å². The van der Waals surface area contributed by atoms with E-state index in [-0.39, 0.29) is 0 Å². The van der Waals surface area contributed by atoms with Crippen molar-refractivity contribution >= 4 is 5.69 Å². The molecule has 2 atom stereocenters. The third-order valence-corrected chi connectivity index (χ3v) is 3.29. The summed E-state index contributed by atoms with van der Waals surface area (Å²) in [7, 11) is 0. The minimum Gasteiger partial charge on any atom is -0.353 e. The maximum Gasteiger partial charge on any atom is 0.0789 e. The maximum atomic E-state index is 3.93. The molecule has 1 aliphatic rings. The molecule has 1 fully saturated rings. The van der Waals surface area contributed by atoms with E-state index in [1.165, 1.54) is 11.3 Å².